The number of nitrogens with zero attached hydrogens (tertiary/aromatic N) is 1. The molecule has 0 aromatic heterocycles. The molecular formula is C19H30Cl2N2O3. The highest BCUT2D eigenvalue weighted by molar-refractivity contribution is 6.32. The van der Waals surface area contributed by atoms with E-state index in [2.05, 4.69) is 12.2 Å². The van der Waals surface area contributed by atoms with Crippen LogP contribution in [-0.4, -0.2) is 50.2 Å². The van der Waals surface area contributed by atoms with Gasteiger partial charge in [0.25, 0.3) is 5.91 Å². The van der Waals surface area contributed by atoms with Crippen LogP contribution < -0.4 is 14.8 Å². The lowest BCUT2D eigenvalue weighted by Crippen LogP contribution is -2.46. The molecule has 1 aromatic carbocycles. The van der Waals surface area contributed by atoms with E-state index in [-0.39, 0.29) is 18.3 Å². The molecule has 1 aliphatic rings. The Bertz CT molecular complexity index is 584. The Kier molecular flexibility index (Phi) is 10.1. The molecule has 1 aliphatic heterocycles. The Morgan fingerprint density at radius 3 is 2.77 bits per heavy atom. The predicted molar refractivity (Wildman–Crippen MR) is 108 cm³/mol. The van der Waals surface area contributed by atoms with Crippen LogP contribution in [0.2, 0.25) is 5.02 Å². The van der Waals surface area contributed by atoms with Crippen molar-refractivity contribution in [3.8, 4) is 11.5 Å². The summed E-state index contributed by atoms with van der Waals surface area (Å²) in [5.74, 6) is 1.06. The SMILES string of the molecule is CCCCOc1c(Cl)cc(C(=O)N2CCCC(NC)C2)cc1OCC.Cl. The van der Waals surface area contributed by atoms with Crippen molar-refractivity contribution in [2.45, 2.75) is 45.6 Å². The molecule has 1 aromatic rings. The minimum atomic E-state index is -0.0112. The molecule has 1 heterocycles. The monoisotopic (exact) mass is 404 g/mol. The van der Waals surface area contributed by atoms with E-state index < -0.39 is 0 Å². The van der Waals surface area contributed by atoms with Crippen molar-refractivity contribution in [1.82, 2.24) is 10.2 Å². The third-order valence-corrected chi connectivity index (χ3v) is 4.70. The summed E-state index contributed by atoms with van der Waals surface area (Å²) in [6.07, 6.45) is 4.08. The van der Waals surface area contributed by atoms with Gasteiger partial charge in [0.15, 0.2) is 11.5 Å². The van der Waals surface area contributed by atoms with Gasteiger partial charge in [-0.3, -0.25) is 4.79 Å². The maximum Gasteiger partial charge on any atom is 0.254 e. The van der Waals surface area contributed by atoms with Gasteiger partial charge in [-0.1, -0.05) is 24.9 Å². The van der Waals surface area contributed by atoms with E-state index in [0.29, 0.717) is 47.9 Å². The number of amides is 1. The number of benzene rings is 1. The third kappa shape index (κ3) is 5.93. The number of ether oxygens (including phenoxy) is 2. The minimum Gasteiger partial charge on any atom is -0.490 e. The number of carbonyl (C=O) groups is 1. The first-order valence-corrected chi connectivity index (χ1v) is 9.54. The first kappa shape index (κ1) is 22.9. The number of hydrogen-bond donors (Lipinski definition) is 1. The topological polar surface area (TPSA) is 50.8 Å². The number of halogens is 2. The van der Waals surface area contributed by atoms with Crippen LogP contribution >= 0.6 is 24.0 Å². The molecule has 1 fully saturated rings. The van der Waals surface area contributed by atoms with E-state index >= 15 is 0 Å². The summed E-state index contributed by atoms with van der Waals surface area (Å²) in [7, 11) is 1.94. The van der Waals surface area contributed by atoms with Crippen molar-refractivity contribution < 1.29 is 14.3 Å². The van der Waals surface area contributed by atoms with E-state index in [1.165, 1.54) is 0 Å². The molecule has 1 unspecified atom stereocenters. The summed E-state index contributed by atoms with van der Waals surface area (Å²) in [4.78, 5) is 14.8. The molecular weight excluding hydrogens is 375 g/mol. The lowest BCUT2D eigenvalue weighted by Gasteiger charge is -2.32. The molecule has 7 heteroatoms. The second-order valence-corrected chi connectivity index (χ2v) is 6.71. The number of piperidine rings is 1. The van der Waals surface area contributed by atoms with Crippen molar-refractivity contribution in [3.05, 3.63) is 22.7 Å². The number of likely N-dealkylation sites (N-methyl/N-ethyl adjacent to an activating group) is 1. The molecule has 0 spiro atoms. The van der Waals surface area contributed by atoms with Gasteiger partial charge in [-0.25, -0.2) is 0 Å². The number of likely N-dealkylation sites (tertiary alicyclic amines) is 1. The molecule has 0 saturated carbocycles. The average Bonchev–Trinajstić information content (AvgIpc) is 2.63. The van der Waals surface area contributed by atoms with Crippen molar-refractivity contribution in [1.29, 1.82) is 0 Å². The first-order chi connectivity index (χ1) is 12.1. The number of hydrogen-bond acceptors (Lipinski definition) is 4. The number of rotatable bonds is 8. The number of carbonyl (C=O) groups excluding carboxylic acids is 1. The predicted octanol–water partition coefficient (Wildman–Crippen LogP) is 4.16. The van der Waals surface area contributed by atoms with Crippen LogP contribution in [0.5, 0.6) is 11.5 Å². The lowest BCUT2D eigenvalue weighted by atomic mass is 10.0. The Balaban J connectivity index is 0.00000338. The highest BCUT2D eigenvalue weighted by Gasteiger charge is 2.25. The first-order valence-electron chi connectivity index (χ1n) is 9.16. The smallest absolute Gasteiger partial charge is 0.254 e. The summed E-state index contributed by atoms with van der Waals surface area (Å²) in [6.45, 7) is 6.57. The maximum atomic E-state index is 12.9. The fourth-order valence-electron chi connectivity index (χ4n) is 2.99. The largest absolute Gasteiger partial charge is 0.490 e. The Morgan fingerprint density at radius 1 is 1.35 bits per heavy atom. The zero-order chi connectivity index (χ0) is 18.2. The molecule has 0 aliphatic carbocycles. The van der Waals surface area contributed by atoms with Crippen LogP contribution in [-0.2, 0) is 0 Å². The van der Waals surface area contributed by atoms with Crippen LogP contribution in [0.15, 0.2) is 12.1 Å². The van der Waals surface area contributed by atoms with Crippen LogP contribution in [0.25, 0.3) is 0 Å². The van der Waals surface area contributed by atoms with Gasteiger partial charge in [-0.05, 0) is 45.4 Å². The minimum absolute atomic E-state index is 0. The molecule has 1 atom stereocenters. The zero-order valence-electron chi connectivity index (χ0n) is 15.8. The summed E-state index contributed by atoms with van der Waals surface area (Å²) in [6, 6.07) is 3.79. The van der Waals surface area contributed by atoms with E-state index in [1.807, 2.05) is 18.9 Å². The molecule has 5 nitrogen and oxygen atoms in total. The van der Waals surface area contributed by atoms with E-state index in [0.717, 1.165) is 32.2 Å². The normalized spacial score (nSPS) is 16.8. The second-order valence-electron chi connectivity index (χ2n) is 6.30. The molecule has 26 heavy (non-hydrogen) atoms. The molecule has 148 valence electrons. The van der Waals surface area contributed by atoms with E-state index in [1.54, 1.807) is 12.1 Å². The van der Waals surface area contributed by atoms with Gasteiger partial charge in [0, 0.05) is 24.7 Å². The summed E-state index contributed by atoms with van der Waals surface area (Å²) < 4.78 is 11.5. The third-order valence-electron chi connectivity index (χ3n) is 4.42. The number of nitrogens with one attached hydrogen (secondary N) is 1. The van der Waals surface area contributed by atoms with Crippen LogP contribution in [0.1, 0.15) is 49.9 Å². The van der Waals surface area contributed by atoms with Crippen LogP contribution in [0.4, 0.5) is 0 Å². The summed E-state index contributed by atoms with van der Waals surface area (Å²) in [5.41, 5.74) is 0.549. The van der Waals surface area contributed by atoms with Gasteiger partial charge in [-0.2, -0.15) is 0 Å². The van der Waals surface area contributed by atoms with Gasteiger partial charge in [0.1, 0.15) is 0 Å². The molecule has 0 bridgehead atoms. The van der Waals surface area contributed by atoms with Crippen LogP contribution in [0, 0.1) is 0 Å². The summed E-state index contributed by atoms with van der Waals surface area (Å²) in [5, 5.41) is 3.68. The van der Waals surface area contributed by atoms with Gasteiger partial charge in [-0.15, -0.1) is 12.4 Å². The highest BCUT2D eigenvalue weighted by atomic mass is 35.5. The summed E-state index contributed by atoms with van der Waals surface area (Å²) >= 11 is 6.40. The van der Waals surface area contributed by atoms with Gasteiger partial charge < -0.3 is 19.7 Å². The molecule has 2 rings (SSSR count). The van der Waals surface area contributed by atoms with Gasteiger partial charge >= 0.3 is 0 Å². The fourth-order valence-corrected chi connectivity index (χ4v) is 3.26. The standard InChI is InChI=1S/C19H29ClN2O3.ClH/c1-4-6-10-25-18-16(20)11-14(12-17(18)24-5-2)19(23)22-9-7-8-15(13-22)21-3;/h11-12,15,21H,4-10,13H2,1-3H3;1H. The molecule has 1 N–H and O–H groups in total. The fraction of sp³-hybridized carbons (Fsp3) is 0.632. The van der Waals surface area contributed by atoms with Crippen LogP contribution in [0.3, 0.4) is 0 Å². The van der Waals surface area contributed by atoms with Gasteiger partial charge in [0.05, 0.1) is 18.2 Å². The average molecular weight is 405 g/mol. The van der Waals surface area contributed by atoms with Crippen molar-refractivity contribution in [2.75, 3.05) is 33.4 Å². The number of unbranched alkanes of at least 4 members (excludes halogenated alkanes) is 1. The lowest BCUT2D eigenvalue weighted by molar-refractivity contribution is 0.0697. The Labute approximate surface area is 167 Å². The highest BCUT2D eigenvalue weighted by Crippen LogP contribution is 2.37. The quantitative estimate of drug-likeness (QED) is 0.660. The molecule has 0 radical (unpaired) electrons. The van der Waals surface area contributed by atoms with Gasteiger partial charge in [0.2, 0.25) is 0 Å². The maximum absolute atomic E-state index is 12.9. The van der Waals surface area contributed by atoms with Crippen molar-refractivity contribution in [3.63, 3.8) is 0 Å². The second kappa shape index (κ2) is 11.5. The van der Waals surface area contributed by atoms with E-state index in [9.17, 15) is 4.79 Å². The molecule has 1 saturated heterocycles. The zero-order valence-corrected chi connectivity index (χ0v) is 17.4. The Morgan fingerprint density at radius 2 is 2.12 bits per heavy atom. The van der Waals surface area contributed by atoms with Crippen molar-refractivity contribution >= 4 is 29.9 Å². The van der Waals surface area contributed by atoms with Crippen molar-refractivity contribution in [2.24, 2.45) is 0 Å². The Hall–Kier alpha value is -1.17. The molecule has 1 amide bonds. The van der Waals surface area contributed by atoms with E-state index in [4.69, 9.17) is 21.1 Å².